The first kappa shape index (κ1) is 19.6. The van der Waals surface area contributed by atoms with E-state index in [0.717, 1.165) is 0 Å². The number of carboxylic acids is 1. The van der Waals surface area contributed by atoms with Crippen LogP contribution in [0.2, 0.25) is 0 Å². The fraction of sp³-hybridized carbons (Fsp3) is 0.727. The fourth-order valence-electron chi connectivity index (χ4n) is 1.06. The Morgan fingerprint density at radius 2 is 1.48 bits per heavy atom. The number of aliphatic carboxylic acids is 1. The van der Waals surface area contributed by atoms with Gasteiger partial charge in [0.05, 0.1) is 0 Å². The molecule has 0 aromatic carbocycles. The van der Waals surface area contributed by atoms with Crippen LogP contribution in [0.15, 0.2) is 0 Å². The van der Waals surface area contributed by atoms with Gasteiger partial charge in [-0.2, -0.15) is 11.8 Å². The highest BCUT2D eigenvalue weighted by atomic mass is 32.2. The van der Waals surface area contributed by atoms with Crippen molar-refractivity contribution in [1.29, 1.82) is 0 Å². The highest BCUT2D eigenvalue weighted by molar-refractivity contribution is 7.98. The predicted octanol–water partition coefficient (Wildman–Crippen LogP) is -2.11. The Hall–Kier alpha value is -1.36. The lowest BCUT2D eigenvalue weighted by Crippen LogP contribution is -2.43. The molecule has 0 spiro atoms. The topological polar surface area (TPSA) is 168 Å². The maximum Gasteiger partial charge on any atom is 0.326 e. The average Bonchev–Trinajstić information content (AvgIpc) is 2.46. The van der Waals surface area contributed by atoms with E-state index in [9.17, 15) is 14.4 Å². The molecule has 0 aliphatic heterocycles. The Morgan fingerprint density at radius 3 is 1.95 bits per heavy atom. The molecule has 0 aliphatic carbocycles. The van der Waals surface area contributed by atoms with E-state index in [-0.39, 0.29) is 0 Å². The Kier molecular flexibility index (Phi) is 9.71. The zero-order valence-electron chi connectivity index (χ0n) is 11.7. The summed E-state index contributed by atoms with van der Waals surface area (Å²) in [5.74, 6) is -2.16. The van der Waals surface area contributed by atoms with Crippen LogP contribution < -0.4 is 17.2 Å². The van der Waals surface area contributed by atoms with Gasteiger partial charge in [0.15, 0.2) is 0 Å². The number of rotatable bonds is 10. The number of carboxylic acid groups (broad SMARTS) is 1. The molecular formula is C11H21N3O6S. The number of ether oxygens (including phenoxy) is 2. The Morgan fingerprint density at radius 1 is 1.00 bits per heavy atom. The largest absolute Gasteiger partial charge is 0.480 e. The molecule has 0 rings (SSSR count). The van der Waals surface area contributed by atoms with E-state index in [2.05, 4.69) is 4.74 Å². The molecular weight excluding hydrogens is 302 g/mol. The predicted molar refractivity (Wildman–Crippen MR) is 76.5 cm³/mol. The first-order valence-electron chi connectivity index (χ1n) is 6.11. The lowest BCUT2D eigenvalue weighted by Gasteiger charge is -2.15. The average molecular weight is 323 g/mol. The standard InChI is InChI=1S/C11H21N3O6S/c1-21-3-2-6(12)10(17)20-5-8(14)11(18)19-4-7(13)9(15)16/h6-8H,2-5,12-14H2,1H3,(H,15,16)/t6-,7-,8-/m0/s1. The van der Waals surface area contributed by atoms with Crippen LogP contribution in [0, 0.1) is 0 Å². The van der Waals surface area contributed by atoms with Crippen molar-refractivity contribution in [3.63, 3.8) is 0 Å². The van der Waals surface area contributed by atoms with E-state index < -0.39 is 49.2 Å². The number of carbonyl (C=O) groups is 3. The smallest absolute Gasteiger partial charge is 0.326 e. The second-order valence-electron chi connectivity index (χ2n) is 4.20. The SMILES string of the molecule is CSCC[C@H](N)C(=O)OC[C@H](N)C(=O)OC[C@H](N)C(=O)O. The van der Waals surface area contributed by atoms with Gasteiger partial charge in [-0.25, -0.2) is 0 Å². The summed E-state index contributed by atoms with van der Waals surface area (Å²) in [4.78, 5) is 33.3. The number of carbonyl (C=O) groups excluding carboxylic acids is 2. The molecule has 0 bridgehead atoms. The van der Waals surface area contributed by atoms with Crippen LogP contribution in [-0.2, 0) is 23.9 Å². The molecule has 0 saturated carbocycles. The Balaban J connectivity index is 4.01. The third-order valence-electron chi connectivity index (χ3n) is 2.37. The minimum atomic E-state index is -1.33. The van der Waals surface area contributed by atoms with Gasteiger partial charge < -0.3 is 31.8 Å². The third-order valence-corrected chi connectivity index (χ3v) is 3.01. The van der Waals surface area contributed by atoms with Crippen LogP contribution in [0.25, 0.3) is 0 Å². The normalized spacial score (nSPS) is 14.9. The quantitative estimate of drug-likeness (QED) is 0.326. The maximum absolute atomic E-state index is 11.5. The molecule has 0 fully saturated rings. The molecule has 9 nitrogen and oxygen atoms in total. The minimum Gasteiger partial charge on any atom is -0.480 e. The van der Waals surface area contributed by atoms with Gasteiger partial charge in [0.1, 0.15) is 31.3 Å². The number of thioether (sulfide) groups is 1. The number of hydrogen-bond donors (Lipinski definition) is 4. The van der Waals surface area contributed by atoms with Crippen molar-refractivity contribution in [3.8, 4) is 0 Å². The highest BCUT2D eigenvalue weighted by Gasteiger charge is 2.22. The molecule has 0 radical (unpaired) electrons. The minimum absolute atomic E-state index is 0.396. The van der Waals surface area contributed by atoms with E-state index in [0.29, 0.717) is 12.2 Å². The van der Waals surface area contributed by atoms with E-state index in [1.165, 1.54) is 0 Å². The van der Waals surface area contributed by atoms with E-state index in [4.69, 9.17) is 27.0 Å². The zero-order valence-corrected chi connectivity index (χ0v) is 12.5. The number of esters is 2. The molecule has 0 heterocycles. The number of hydrogen-bond acceptors (Lipinski definition) is 9. The second kappa shape index (κ2) is 10.4. The molecule has 0 aromatic rings. The summed E-state index contributed by atoms with van der Waals surface area (Å²) in [6.45, 7) is -0.907. The molecule has 7 N–H and O–H groups in total. The van der Waals surface area contributed by atoms with Crippen LogP contribution in [0.3, 0.4) is 0 Å². The molecule has 21 heavy (non-hydrogen) atoms. The van der Waals surface area contributed by atoms with Crippen LogP contribution in [0.4, 0.5) is 0 Å². The van der Waals surface area contributed by atoms with Gasteiger partial charge in [0, 0.05) is 0 Å². The van der Waals surface area contributed by atoms with Gasteiger partial charge in [-0.3, -0.25) is 14.4 Å². The maximum atomic E-state index is 11.5. The van der Waals surface area contributed by atoms with Crippen molar-refractivity contribution >= 4 is 29.7 Å². The fourth-order valence-corrected chi connectivity index (χ4v) is 1.55. The lowest BCUT2D eigenvalue weighted by molar-refractivity contribution is -0.153. The Labute approximate surface area is 126 Å². The summed E-state index contributed by atoms with van der Waals surface area (Å²) in [5.41, 5.74) is 16.2. The van der Waals surface area contributed by atoms with Crippen LogP contribution in [-0.4, -0.2) is 66.4 Å². The highest BCUT2D eigenvalue weighted by Crippen LogP contribution is 2.01. The molecule has 3 atom stereocenters. The van der Waals surface area contributed by atoms with E-state index in [1.54, 1.807) is 11.8 Å². The van der Waals surface area contributed by atoms with Gasteiger partial charge in [-0.1, -0.05) is 0 Å². The van der Waals surface area contributed by atoms with Gasteiger partial charge in [0.2, 0.25) is 0 Å². The Bertz CT molecular complexity index is 368. The van der Waals surface area contributed by atoms with Crippen LogP contribution in [0.1, 0.15) is 6.42 Å². The van der Waals surface area contributed by atoms with Crippen molar-refractivity contribution < 1.29 is 29.0 Å². The molecule has 10 heteroatoms. The van der Waals surface area contributed by atoms with Gasteiger partial charge in [0.25, 0.3) is 0 Å². The van der Waals surface area contributed by atoms with Crippen molar-refractivity contribution in [2.45, 2.75) is 24.5 Å². The van der Waals surface area contributed by atoms with Crippen LogP contribution in [0.5, 0.6) is 0 Å². The number of nitrogens with two attached hydrogens (primary N) is 3. The molecule has 0 unspecified atom stereocenters. The summed E-state index contributed by atoms with van der Waals surface area (Å²) in [6, 6.07) is -3.33. The van der Waals surface area contributed by atoms with Gasteiger partial charge in [-0.15, -0.1) is 0 Å². The molecule has 0 aliphatic rings. The van der Waals surface area contributed by atoms with E-state index >= 15 is 0 Å². The summed E-state index contributed by atoms with van der Waals surface area (Å²) < 4.78 is 9.38. The van der Waals surface area contributed by atoms with Crippen molar-refractivity contribution in [2.75, 3.05) is 25.2 Å². The first-order chi connectivity index (χ1) is 9.79. The van der Waals surface area contributed by atoms with Gasteiger partial charge in [-0.05, 0) is 18.4 Å². The summed E-state index contributed by atoms with van der Waals surface area (Å²) >= 11 is 1.54. The first-order valence-corrected chi connectivity index (χ1v) is 7.50. The van der Waals surface area contributed by atoms with Crippen molar-refractivity contribution in [3.05, 3.63) is 0 Å². The summed E-state index contributed by atoms with van der Waals surface area (Å²) in [7, 11) is 0. The summed E-state index contributed by atoms with van der Waals surface area (Å²) in [5, 5.41) is 8.51. The monoisotopic (exact) mass is 323 g/mol. The lowest BCUT2D eigenvalue weighted by atomic mass is 10.2. The van der Waals surface area contributed by atoms with Crippen molar-refractivity contribution in [2.24, 2.45) is 17.2 Å². The molecule has 122 valence electrons. The summed E-state index contributed by atoms with van der Waals surface area (Å²) in [6.07, 6.45) is 2.33. The molecule has 0 amide bonds. The third kappa shape index (κ3) is 8.50. The van der Waals surface area contributed by atoms with Crippen molar-refractivity contribution in [1.82, 2.24) is 0 Å². The molecule has 0 saturated heterocycles. The second-order valence-corrected chi connectivity index (χ2v) is 5.18. The van der Waals surface area contributed by atoms with E-state index in [1.807, 2.05) is 6.26 Å². The van der Waals surface area contributed by atoms with Crippen LogP contribution >= 0.6 is 11.8 Å². The molecule has 0 aromatic heterocycles. The zero-order chi connectivity index (χ0) is 16.4. The van der Waals surface area contributed by atoms with Gasteiger partial charge >= 0.3 is 17.9 Å².